The van der Waals surface area contributed by atoms with Crippen molar-refractivity contribution in [1.29, 1.82) is 0 Å². The fourth-order valence-corrected chi connectivity index (χ4v) is 2.52. The van der Waals surface area contributed by atoms with Crippen LogP contribution < -0.4 is 5.32 Å². The Labute approximate surface area is 132 Å². The minimum Gasteiger partial charge on any atom is -0.331 e. The number of pyridine rings is 1. The van der Waals surface area contributed by atoms with Crippen LogP contribution in [0, 0.1) is 0 Å². The summed E-state index contributed by atoms with van der Waals surface area (Å²) >= 11 is 3.39. The van der Waals surface area contributed by atoms with Crippen LogP contribution in [-0.2, 0) is 13.1 Å². The molecule has 21 heavy (non-hydrogen) atoms. The molecule has 0 spiro atoms. The van der Waals surface area contributed by atoms with E-state index in [9.17, 15) is 0 Å². The van der Waals surface area contributed by atoms with E-state index >= 15 is 0 Å². The van der Waals surface area contributed by atoms with E-state index in [4.69, 9.17) is 0 Å². The summed E-state index contributed by atoms with van der Waals surface area (Å²) in [6, 6.07) is 12.3. The second-order valence-corrected chi connectivity index (χ2v) is 5.84. The molecule has 2 heterocycles. The molecule has 0 aliphatic rings. The van der Waals surface area contributed by atoms with Crippen molar-refractivity contribution < 1.29 is 0 Å². The first kappa shape index (κ1) is 14.2. The van der Waals surface area contributed by atoms with Gasteiger partial charge in [0.05, 0.1) is 23.1 Å². The van der Waals surface area contributed by atoms with Crippen molar-refractivity contribution in [3.8, 4) is 0 Å². The molecular weight excluding hydrogens is 328 g/mol. The SMILES string of the molecule is Brc1ccc(CNCCCn2cnc3ccccc32)nc1. The van der Waals surface area contributed by atoms with Gasteiger partial charge in [-0.1, -0.05) is 12.1 Å². The van der Waals surface area contributed by atoms with Gasteiger partial charge < -0.3 is 9.88 Å². The molecule has 0 aliphatic heterocycles. The maximum Gasteiger partial charge on any atom is 0.0958 e. The van der Waals surface area contributed by atoms with Gasteiger partial charge in [0.25, 0.3) is 0 Å². The highest BCUT2D eigenvalue weighted by Gasteiger charge is 2.00. The van der Waals surface area contributed by atoms with Crippen molar-refractivity contribution in [3.05, 3.63) is 59.1 Å². The summed E-state index contributed by atoms with van der Waals surface area (Å²) in [7, 11) is 0. The van der Waals surface area contributed by atoms with Crippen LogP contribution in [0.25, 0.3) is 11.0 Å². The molecule has 2 aromatic heterocycles. The van der Waals surface area contributed by atoms with Crippen LogP contribution in [0.2, 0.25) is 0 Å². The first-order chi connectivity index (χ1) is 10.3. The van der Waals surface area contributed by atoms with E-state index in [0.717, 1.165) is 41.7 Å². The van der Waals surface area contributed by atoms with E-state index in [0.29, 0.717) is 0 Å². The van der Waals surface area contributed by atoms with Gasteiger partial charge in [-0.2, -0.15) is 0 Å². The first-order valence-electron chi connectivity index (χ1n) is 7.04. The van der Waals surface area contributed by atoms with Crippen molar-refractivity contribution in [2.45, 2.75) is 19.5 Å². The van der Waals surface area contributed by atoms with E-state index in [1.807, 2.05) is 36.8 Å². The predicted octanol–water partition coefficient (Wildman–Crippen LogP) is 3.37. The van der Waals surface area contributed by atoms with Crippen molar-refractivity contribution >= 4 is 27.0 Å². The van der Waals surface area contributed by atoms with Crippen LogP contribution in [-0.4, -0.2) is 21.1 Å². The number of hydrogen-bond donors (Lipinski definition) is 1. The van der Waals surface area contributed by atoms with Gasteiger partial charge in [-0.25, -0.2) is 4.98 Å². The molecule has 108 valence electrons. The number of rotatable bonds is 6. The fraction of sp³-hybridized carbons (Fsp3) is 0.250. The number of nitrogens with zero attached hydrogens (tertiary/aromatic N) is 3. The molecule has 0 bridgehead atoms. The van der Waals surface area contributed by atoms with Crippen molar-refractivity contribution in [1.82, 2.24) is 19.9 Å². The zero-order valence-corrected chi connectivity index (χ0v) is 13.3. The topological polar surface area (TPSA) is 42.7 Å². The Morgan fingerprint density at radius 3 is 2.86 bits per heavy atom. The average Bonchev–Trinajstić information content (AvgIpc) is 2.92. The predicted molar refractivity (Wildman–Crippen MR) is 88.0 cm³/mol. The molecule has 3 aromatic rings. The Morgan fingerprint density at radius 1 is 1.10 bits per heavy atom. The van der Waals surface area contributed by atoms with Gasteiger partial charge >= 0.3 is 0 Å². The lowest BCUT2D eigenvalue weighted by molar-refractivity contribution is 0.584. The van der Waals surface area contributed by atoms with E-state index in [1.165, 1.54) is 5.52 Å². The first-order valence-corrected chi connectivity index (χ1v) is 7.83. The quantitative estimate of drug-likeness (QED) is 0.697. The summed E-state index contributed by atoms with van der Waals surface area (Å²) in [6.07, 6.45) is 4.81. The molecule has 0 atom stereocenters. The van der Waals surface area contributed by atoms with Crippen LogP contribution in [0.5, 0.6) is 0 Å². The summed E-state index contributed by atoms with van der Waals surface area (Å²) in [6.45, 7) is 2.74. The molecule has 4 nitrogen and oxygen atoms in total. The maximum absolute atomic E-state index is 4.40. The van der Waals surface area contributed by atoms with Crippen molar-refractivity contribution in [3.63, 3.8) is 0 Å². The van der Waals surface area contributed by atoms with E-state index in [1.54, 1.807) is 0 Å². The van der Waals surface area contributed by atoms with Crippen LogP contribution in [0.15, 0.2) is 53.4 Å². The third-order valence-electron chi connectivity index (χ3n) is 3.37. The van der Waals surface area contributed by atoms with Crippen LogP contribution in [0.1, 0.15) is 12.1 Å². The molecule has 0 saturated heterocycles. The lowest BCUT2D eigenvalue weighted by Gasteiger charge is -2.06. The highest BCUT2D eigenvalue weighted by atomic mass is 79.9. The molecule has 5 heteroatoms. The molecule has 1 aromatic carbocycles. The van der Waals surface area contributed by atoms with Gasteiger partial charge in [-0.3, -0.25) is 4.98 Å². The number of hydrogen-bond acceptors (Lipinski definition) is 3. The number of aryl methyl sites for hydroxylation is 1. The summed E-state index contributed by atoms with van der Waals surface area (Å²) in [5.41, 5.74) is 3.32. The Bertz CT molecular complexity index is 706. The number of aromatic nitrogens is 3. The number of nitrogens with one attached hydrogen (secondary N) is 1. The summed E-state index contributed by atoms with van der Waals surface area (Å²) in [5, 5.41) is 3.42. The second-order valence-electron chi connectivity index (χ2n) is 4.92. The van der Waals surface area contributed by atoms with Gasteiger partial charge in [-0.15, -0.1) is 0 Å². The van der Waals surface area contributed by atoms with Gasteiger partial charge in [0, 0.05) is 23.8 Å². The summed E-state index contributed by atoms with van der Waals surface area (Å²) < 4.78 is 3.22. The zero-order valence-electron chi connectivity index (χ0n) is 11.7. The van der Waals surface area contributed by atoms with Crippen molar-refractivity contribution in [2.24, 2.45) is 0 Å². The Hall–Kier alpha value is -1.72. The number of imidazole rings is 1. The van der Waals surface area contributed by atoms with Gasteiger partial charge in [0.2, 0.25) is 0 Å². The Balaban J connectivity index is 1.45. The third kappa shape index (κ3) is 3.68. The normalized spacial score (nSPS) is 11.1. The van der Waals surface area contributed by atoms with Crippen LogP contribution in [0.4, 0.5) is 0 Å². The molecular formula is C16H17BrN4. The highest BCUT2D eigenvalue weighted by Crippen LogP contribution is 2.12. The maximum atomic E-state index is 4.40. The number of halogens is 1. The molecule has 0 unspecified atom stereocenters. The summed E-state index contributed by atoms with van der Waals surface area (Å²) in [4.78, 5) is 8.74. The minimum atomic E-state index is 0.804. The minimum absolute atomic E-state index is 0.804. The molecule has 0 radical (unpaired) electrons. The molecule has 0 saturated carbocycles. The largest absolute Gasteiger partial charge is 0.331 e. The summed E-state index contributed by atoms with van der Waals surface area (Å²) in [5.74, 6) is 0. The number of para-hydroxylation sites is 2. The van der Waals surface area contributed by atoms with Crippen LogP contribution >= 0.6 is 15.9 Å². The molecule has 3 rings (SSSR count). The second kappa shape index (κ2) is 6.83. The number of fused-ring (bicyclic) bond motifs is 1. The Morgan fingerprint density at radius 2 is 2.00 bits per heavy atom. The molecule has 0 aliphatic carbocycles. The van der Waals surface area contributed by atoms with Crippen molar-refractivity contribution in [2.75, 3.05) is 6.54 Å². The van der Waals surface area contributed by atoms with Gasteiger partial charge in [-0.05, 0) is 53.2 Å². The van der Waals surface area contributed by atoms with E-state index in [2.05, 4.69) is 47.9 Å². The van der Waals surface area contributed by atoms with E-state index in [-0.39, 0.29) is 0 Å². The fourth-order valence-electron chi connectivity index (χ4n) is 2.29. The standard InChI is InChI=1S/C16H17BrN4/c17-13-6-7-14(19-10-13)11-18-8-3-9-21-12-20-15-4-1-2-5-16(15)21/h1-2,4-7,10,12,18H,3,8-9,11H2. The van der Waals surface area contributed by atoms with Gasteiger partial charge in [0.1, 0.15) is 0 Å². The van der Waals surface area contributed by atoms with Crippen LogP contribution in [0.3, 0.4) is 0 Å². The van der Waals surface area contributed by atoms with E-state index < -0.39 is 0 Å². The monoisotopic (exact) mass is 344 g/mol. The average molecular weight is 345 g/mol. The zero-order chi connectivity index (χ0) is 14.5. The molecule has 0 amide bonds. The molecule has 1 N–H and O–H groups in total. The smallest absolute Gasteiger partial charge is 0.0958 e. The van der Waals surface area contributed by atoms with Gasteiger partial charge in [0.15, 0.2) is 0 Å². The highest BCUT2D eigenvalue weighted by molar-refractivity contribution is 9.10. The lowest BCUT2D eigenvalue weighted by atomic mass is 10.3. The number of benzene rings is 1. The molecule has 0 fully saturated rings. The lowest BCUT2D eigenvalue weighted by Crippen LogP contribution is -2.17. The third-order valence-corrected chi connectivity index (χ3v) is 3.84. The Kier molecular flexibility index (Phi) is 4.62.